The maximum atomic E-state index is 6.20. The molecule has 2 heterocycles. The van der Waals surface area contributed by atoms with E-state index in [1.54, 1.807) is 0 Å². The van der Waals surface area contributed by atoms with Crippen molar-refractivity contribution in [1.82, 2.24) is 5.32 Å². The van der Waals surface area contributed by atoms with Gasteiger partial charge in [0.2, 0.25) is 0 Å². The molecule has 3 aliphatic rings. The molecule has 0 radical (unpaired) electrons. The van der Waals surface area contributed by atoms with Gasteiger partial charge in [0.15, 0.2) is 0 Å². The van der Waals surface area contributed by atoms with Crippen LogP contribution >= 0.6 is 23.5 Å². The minimum absolute atomic E-state index is 0.233. The summed E-state index contributed by atoms with van der Waals surface area (Å²) < 4.78 is 6.20. The molecule has 3 atom stereocenters. The van der Waals surface area contributed by atoms with Crippen molar-refractivity contribution in [3.05, 3.63) is 0 Å². The third-order valence-corrected chi connectivity index (χ3v) is 7.37. The van der Waals surface area contributed by atoms with Crippen LogP contribution in [0.15, 0.2) is 0 Å². The van der Waals surface area contributed by atoms with Gasteiger partial charge in [-0.05, 0) is 62.2 Å². The van der Waals surface area contributed by atoms with Crippen LogP contribution in [0.25, 0.3) is 0 Å². The van der Waals surface area contributed by atoms with Gasteiger partial charge in [0.05, 0.1) is 5.60 Å². The largest absolute Gasteiger partial charge is 0.375 e. The molecule has 1 spiro atoms. The van der Waals surface area contributed by atoms with E-state index in [2.05, 4.69) is 35.8 Å². The van der Waals surface area contributed by atoms with Crippen LogP contribution in [0, 0.1) is 0 Å². The van der Waals surface area contributed by atoms with E-state index in [4.69, 9.17) is 4.74 Å². The summed E-state index contributed by atoms with van der Waals surface area (Å²) in [5.74, 6) is 3.87. The molecule has 4 heteroatoms. The lowest BCUT2D eigenvalue weighted by Gasteiger charge is -2.44. The Labute approximate surface area is 132 Å². The predicted molar refractivity (Wildman–Crippen MR) is 91.0 cm³/mol. The van der Waals surface area contributed by atoms with Crippen LogP contribution < -0.4 is 5.32 Å². The van der Waals surface area contributed by atoms with Crippen molar-refractivity contribution in [3.63, 3.8) is 0 Å². The van der Waals surface area contributed by atoms with Crippen LogP contribution in [0.5, 0.6) is 0 Å². The van der Waals surface area contributed by atoms with E-state index in [9.17, 15) is 0 Å². The van der Waals surface area contributed by atoms with Crippen molar-refractivity contribution in [3.8, 4) is 0 Å². The Kier molecular flexibility index (Phi) is 5.63. The highest BCUT2D eigenvalue weighted by atomic mass is 32.2. The molecule has 1 aliphatic carbocycles. The van der Waals surface area contributed by atoms with Gasteiger partial charge in [-0.25, -0.2) is 0 Å². The summed E-state index contributed by atoms with van der Waals surface area (Å²) in [4.78, 5) is 0. The first-order valence-electron chi connectivity index (χ1n) is 8.39. The number of thioether (sulfide) groups is 2. The van der Waals surface area contributed by atoms with Gasteiger partial charge in [-0.2, -0.15) is 23.5 Å². The molecule has 0 aromatic heterocycles. The molecular formula is C16H29NOS2. The molecule has 0 aromatic rings. The highest BCUT2D eigenvalue weighted by Crippen LogP contribution is 2.38. The highest BCUT2D eigenvalue weighted by molar-refractivity contribution is 7.99. The first kappa shape index (κ1) is 15.5. The van der Waals surface area contributed by atoms with Gasteiger partial charge < -0.3 is 10.1 Å². The second kappa shape index (κ2) is 7.26. The number of rotatable bonds is 4. The first-order chi connectivity index (χ1) is 9.80. The molecule has 20 heavy (non-hydrogen) atoms. The SMILES string of the molecule is CCSC1CCC(NC2CCOC3(CCSCC3)C2)C1. The van der Waals surface area contributed by atoms with E-state index in [1.807, 2.05) is 0 Å². The quantitative estimate of drug-likeness (QED) is 0.853. The topological polar surface area (TPSA) is 21.3 Å². The van der Waals surface area contributed by atoms with Crippen LogP contribution in [-0.4, -0.2) is 46.8 Å². The average molecular weight is 316 g/mol. The Morgan fingerprint density at radius 1 is 1.20 bits per heavy atom. The highest BCUT2D eigenvalue weighted by Gasteiger charge is 2.39. The maximum Gasteiger partial charge on any atom is 0.0713 e. The van der Waals surface area contributed by atoms with Crippen molar-refractivity contribution in [1.29, 1.82) is 0 Å². The summed E-state index contributed by atoms with van der Waals surface area (Å²) in [6.07, 6.45) is 9.22. The minimum Gasteiger partial charge on any atom is -0.375 e. The van der Waals surface area contributed by atoms with Crippen LogP contribution in [-0.2, 0) is 4.74 Å². The van der Waals surface area contributed by atoms with Crippen molar-refractivity contribution in [2.45, 2.75) is 74.8 Å². The van der Waals surface area contributed by atoms with Crippen LogP contribution in [0.1, 0.15) is 51.9 Å². The van der Waals surface area contributed by atoms with E-state index in [-0.39, 0.29) is 5.60 Å². The molecule has 3 unspecified atom stereocenters. The number of hydrogen-bond donors (Lipinski definition) is 1. The number of hydrogen-bond acceptors (Lipinski definition) is 4. The molecule has 2 saturated heterocycles. The zero-order valence-corrected chi connectivity index (χ0v) is 14.4. The molecule has 3 rings (SSSR count). The zero-order valence-electron chi connectivity index (χ0n) is 12.7. The van der Waals surface area contributed by atoms with Crippen molar-refractivity contribution in [2.75, 3.05) is 23.9 Å². The minimum atomic E-state index is 0.233. The summed E-state index contributed by atoms with van der Waals surface area (Å²) >= 11 is 4.26. The van der Waals surface area contributed by atoms with Crippen molar-refractivity contribution >= 4 is 23.5 Å². The molecule has 1 saturated carbocycles. The Morgan fingerprint density at radius 2 is 2.05 bits per heavy atom. The van der Waals surface area contributed by atoms with Gasteiger partial charge in [-0.1, -0.05) is 6.92 Å². The van der Waals surface area contributed by atoms with E-state index < -0.39 is 0 Å². The molecule has 116 valence electrons. The molecule has 0 amide bonds. The Balaban J connectivity index is 1.48. The fourth-order valence-electron chi connectivity index (χ4n) is 4.07. The zero-order chi connectivity index (χ0) is 13.8. The van der Waals surface area contributed by atoms with Gasteiger partial charge in [0.25, 0.3) is 0 Å². The van der Waals surface area contributed by atoms with Gasteiger partial charge >= 0.3 is 0 Å². The summed E-state index contributed by atoms with van der Waals surface area (Å²) in [5, 5.41) is 4.89. The smallest absolute Gasteiger partial charge is 0.0713 e. The number of ether oxygens (including phenoxy) is 1. The van der Waals surface area contributed by atoms with E-state index in [0.717, 1.165) is 17.9 Å². The van der Waals surface area contributed by atoms with Gasteiger partial charge in [0, 0.05) is 23.9 Å². The lowest BCUT2D eigenvalue weighted by molar-refractivity contribution is -0.0941. The third-order valence-electron chi connectivity index (χ3n) is 5.16. The lowest BCUT2D eigenvalue weighted by atomic mass is 9.85. The monoisotopic (exact) mass is 315 g/mol. The molecule has 1 N–H and O–H groups in total. The fraction of sp³-hybridized carbons (Fsp3) is 1.00. The lowest BCUT2D eigenvalue weighted by Crippen LogP contribution is -2.50. The second-order valence-electron chi connectivity index (χ2n) is 6.59. The van der Waals surface area contributed by atoms with Crippen LogP contribution in [0.4, 0.5) is 0 Å². The second-order valence-corrected chi connectivity index (χ2v) is 9.39. The van der Waals surface area contributed by atoms with Crippen molar-refractivity contribution < 1.29 is 4.74 Å². The molecule has 0 aromatic carbocycles. The Bertz CT molecular complexity index is 301. The van der Waals surface area contributed by atoms with E-state index in [1.165, 1.54) is 62.2 Å². The van der Waals surface area contributed by atoms with E-state index in [0.29, 0.717) is 6.04 Å². The molecule has 2 aliphatic heterocycles. The van der Waals surface area contributed by atoms with Gasteiger partial charge in [-0.3, -0.25) is 0 Å². The van der Waals surface area contributed by atoms with Crippen LogP contribution in [0.3, 0.4) is 0 Å². The fourth-order valence-corrected chi connectivity index (χ4v) is 6.45. The standard InChI is InChI=1S/C16H29NOS2/c1-2-20-15-4-3-13(11-15)17-14-5-8-18-16(12-14)6-9-19-10-7-16/h13-15,17H,2-12H2,1H3. The average Bonchev–Trinajstić information content (AvgIpc) is 2.87. The molecular weight excluding hydrogens is 286 g/mol. The molecule has 2 nitrogen and oxygen atoms in total. The summed E-state index contributed by atoms with van der Waals surface area (Å²) in [5.41, 5.74) is 0.233. The van der Waals surface area contributed by atoms with E-state index >= 15 is 0 Å². The van der Waals surface area contributed by atoms with Gasteiger partial charge in [0.1, 0.15) is 0 Å². The maximum absolute atomic E-state index is 6.20. The van der Waals surface area contributed by atoms with Gasteiger partial charge in [-0.15, -0.1) is 0 Å². The van der Waals surface area contributed by atoms with Crippen molar-refractivity contribution in [2.24, 2.45) is 0 Å². The molecule has 0 bridgehead atoms. The Morgan fingerprint density at radius 3 is 2.85 bits per heavy atom. The third kappa shape index (κ3) is 3.88. The normalized spacial score (nSPS) is 37.4. The Hall–Kier alpha value is 0.620. The summed E-state index contributed by atoms with van der Waals surface area (Å²) in [6.45, 7) is 3.26. The summed E-state index contributed by atoms with van der Waals surface area (Å²) in [7, 11) is 0. The summed E-state index contributed by atoms with van der Waals surface area (Å²) in [6, 6.07) is 1.49. The number of nitrogens with one attached hydrogen (secondary N) is 1. The first-order valence-corrected chi connectivity index (χ1v) is 10.6. The molecule has 3 fully saturated rings. The predicted octanol–water partition coefficient (Wildman–Crippen LogP) is 3.70. The van der Waals surface area contributed by atoms with Crippen LogP contribution in [0.2, 0.25) is 0 Å².